The predicted molar refractivity (Wildman–Crippen MR) is 63.0 cm³/mol. The maximum Gasteiger partial charge on any atom is 0.0483 e. The van der Waals surface area contributed by atoms with Crippen molar-refractivity contribution in [2.24, 2.45) is 0 Å². The number of aromatic nitrogens is 1. The third-order valence-electron chi connectivity index (χ3n) is 2.81. The number of para-hydroxylation sites is 1. The van der Waals surface area contributed by atoms with Gasteiger partial charge in [-0.3, -0.25) is 0 Å². The molecule has 0 saturated heterocycles. The maximum absolute atomic E-state index is 8.85. The summed E-state index contributed by atoms with van der Waals surface area (Å²) in [5.74, 6) is 0. The summed E-state index contributed by atoms with van der Waals surface area (Å²) in [6, 6.07) is 8.46. The minimum absolute atomic E-state index is 0.258. The molecule has 0 saturated carbocycles. The van der Waals surface area contributed by atoms with Crippen LogP contribution >= 0.6 is 0 Å². The Morgan fingerprint density at radius 3 is 2.80 bits per heavy atom. The summed E-state index contributed by atoms with van der Waals surface area (Å²) in [6.07, 6.45) is 4.09. The number of nitrogens with zero attached hydrogens (tertiary/aromatic N) is 1. The van der Waals surface area contributed by atoms with Gasteiger partial charge in [0.05, 0.1) is 0 Å². The molecule has 0 amide bonds. The van der Waals surface area contributed by atoms with Gasteiger partial charge in [0.1, 0.15) is 0 Å². The zero-order valence-electron chi connectivity index (χ0n) is 9.11. The molecule has 0 bridgehead atoms. The highest BCUT2D eigenvalue weighted by atomic mass is 16.3. The molecule has 2 nitrogen and oxygen atoms in total. The number of rotatable bonds is 4. The van der Waals surface area contributed by atoms with Crippen LogP contribution in [0.15, 0.2) is 30.5 Å². The standard InChI is InChI=1S/C13H17NO/c1-2-11-10-14(8-5-9-15)13-7-4-3-6-12(11)13/h3-4,6-7,10,15H,2,5,8-9H2,1H3. The molecular weight excluding hydrogens is 186 g/mol. The second-order valence-electron chi connectivity index (χ2n) is 3.80. The minimum Gasteiger partial charge on any atom is -0.396 e. The van der Waals surface area contributed by atoms with Crippen LogP contribution in [0.1, 0.15) is 18.9 Å². The second kappa shape index (κ2) is 4.49. The molecule has 0 aliphatic carbocycles. The molecule has 1 heterocycles. The topological polar surface area (TPSA) is 25.2 Å². The molecule has 0 radical (unpaired) electrons. The number of hydrogen-bond donors (Lipinski definition) is 1. The Hall–Kier alpha value is -1.28. The molecule has 1 aromatic carbocycles. The van der Waals surface area contributed by atoms with Crippen molar-refractivity contribution in [3.63, 3.8) is 0 Å². The van der Waals surface area contributed by atoms with Crippen molar-refractivity contribution in [2.75, 3.05) is 6.61 Å². The average molecular weight is 203 g/mol. The van der Waals surface area contributed by atoms with E-state index in [1.165, 1.54) is 16.5 Å². The first-order valence-electron chi connectivity index (χ1n) is 5.54. The monoisotopic (exact) mass is 203 g/mol. The van der Waals surface area contributed by atoms with Crippen LogP contribution in [0.5, 0.6) is 0 Å². The van der Waals surface area contributed by atoms with Gasteiger partial charge in [0, 0.05) is 30.3 Å². The summed E-state index contributed by atoms with van der Waals surface area (Å²) in [6.45, 7) is 3.34. The van der Waals surface area contributed by atoms with Crippen LogP contribution in [-0.4, -0.2) is 16.3 Å². The van der Waals surface area contributed by atoms with Gasteiger partial charge in [0.2, 0.25) is 0 Å². The summed E-state index contributed by atoms with van der Waals surface area (Å²) in [5.41, 5.74) is 2.67. The van der Waals surface area contributed by atoms with E-state index in [9.17, 15) is 0 Å². The SMILES string of the molecule is CCc1cn(CCCO)c2ccccc12. The van der Waals surface area contributed by atoms with Crippen molar-refractivity contribution in [3.8, 4) is 0 Å². The molecule has 0 fully saturated rings. The first-order valence-corrected chi connectivity index (χ1v) is 5.54. The largest absolute Gasteiger partial charge is 0.396 e. The lowest BCUT2D eigenvalue weighted by molar-refractivity contribution is 0.280. The fourth-order valence-electron chi connectivity index (χ4n) is 2.03. The molecule has 1 N–H and O–H groups in total. The number of hydrogen-bond acceptors (Lipinski definition) is 1. The third kappa shape index (κ3) is 1.90. The fraction of sp³-hybridized carbons (Fsp3) is 0.385. The van der Waals surface area contributed by atoms with E-state index in [1.807, 2.05) is 0 Å². The summed E-state index contributed by atoms with van der Waals surface area (Å²) >= 11 is 0. The van der Waals surface area contributed by atoms with Gasteiger partial charge in [0.25, 0.3) is 0 Å². The van der Waals surface area contributed by atoms with E-state index in [0.717, 1.165) is 19.4 Å². The summed E-state index contributed by atoms with van der Waals surface area (Å²) in [7, 11) is 0. The quantitative estimate of drug-likeness (QED) is 0.811. The molecule has 0 aliphatic heterocycles. The Morgan fingerprint density at radius 1 is 1.27 bits per heavy atom. The Bertz CT molecular complexity index is 445. The van der Waals surface area contributed by atoms with Gasteiger partial charge in [-0.05, 0) is 24.5 Å². The zero-order valence-corrected chi connectivity index (χ0v) is 9.11. The number of aryl methyl sites for hydroxylation is 2. The van der Waals surface area contributed by atoms with Gasteiger partial charge >= 0.3 is 0 Å². The maximum atomic E-state index is 8.85. The highest BCUT2D eigenvalue weighted by Gasteiger charge is 2.05. The summed E-state index contributed by atoms with van der Waals surface area (Å²) in [4.78, 5) is 0. The Morgan fingerprint density at radius 2 is 2.07 bits per heavy atom. The molecule has 0 spiro atoms. The molecule has 1 aromatic heterocycles. The van der Waals surface area contributed by atoms with Gasteiger partial charge in [-0.15, -0.1) is 0 Å². The van der Waals surface area contributed by atoms with Crippen LogP contribution in [0.3, 0.4) is 0 Å². The van der Waals surface area contributed by atoms with E-state index in [2.05, 4.69) is 42.0 Å². The van der Waals surface area contributed by atoms with E-state index >= 15 is 0 Å². The van der Waals surface area contributed by atoms with E-state index in [0.29, 0.717) is 0 Å². The molecule has 80 valence electrons. The molecule has 2 aromatic rings. The van der Waals surface area contributed by atoms with Crippen LogP contribution < -0.4 is 0 Å². The van der Waals surface area contributed by atoms with Gasteiger partial charge in [-0.2, -0.15) is 0 Å². The van der Waals surface area contributed by atoms with Crippen molar-refractivity contribution in [1.29, 1.82) is 0 Å². The van der Waals surface area contributed by atoms with Crippen LogP contribution in [0, 0.1) is 0 Å². The normalized spacial score (nSPS) is 11.1. The van der Waals surface area contributed by atoms with Gasteiger partial charge in [-0.25, -0.2) is 0 Å². The summed E-state index contributed by atoms with van der Waals surface area (Å²) < 4.78 is 2.24. The number of aliphatic hydroxyl groups excluding tert-OH is 1. The van der Waals surface area contributed by atoms with E-state index in [1.54, 1.807) is 0 Å². The number of aliphatic hydroxyl groups is 1. The van der Waals surface area contributed by atoms with Crippen LogP contribution in [0.25, 0.3) is 10.9 Å². The van der Waals surface area contributed by atoms with Crippen molar-refractivity contribution in [2.45, 2.75) is 26.3 Å². The van der Waals surface area contributed by atoms with Crippen LogP contribution in [0.2, 0.25) is 0 Å². The fourth-order valence-corrected chi connectivity index (χ4v) is 2.03. The predicted octanol–water partition coefficient (Wildman–Crippen LogP) is 2.59. The van der Waals surface area contributed by atoms with Crippen molar-refractivity contribution in [3.05, 3.63) is 36.0 Å². The molecule has 0 unspecified atom stereocenters. The second-order valence-corrected chi connectivity index (χ2v) is 3.80. The smallest absolute Gasteiger partial charge is 0.0483 e. The van der Waals surface area contributed by atoms with Gasteiger partial charge in [0.15, 0.2) is 0 Å². The lowest BCUT2D eigenvalue weighted by Gasteiger charge is -2.02. The molecule has 2 heteroatoms. The van der Waals surface area contributed by atoms with Crippen molar-refractivity contribution < 1.29 is 5.11 Å². The third-order valence-corrected chi connectivity index (χ3v) is 2.81. The lowest BCUT2D eigenvalue weighted by atomic mass is 10.1. The van der Waals surface area contributed by atoms with Crippen LogP contribution in [-0.2, 0) is 13.0 Å². The number of benzene rings is 1. The lowest BCUT2D eigenvalue weighted by Crippen LogP contribution is -1.97. The average Bonchev–Trinajstić information content (AvgIpc) is 2.65. The van der Waals surface area contributed by atoms with Crippen molar-refractivity contribution in [1.82, 2.24) is 4.57 Å². The zero-order chi connectivity index (χ0) is 10.7. The highest BCUT2D eigenvalue weighted by Crippen LogP contribution is 2.21. The molecule has 0 aliphatic rings. The number of fused-ring (bicyclic) bond motifs is 1. The highest BCUT2D eigenvalue weighted by molar-refractivity contribution is 5.83. The van der Waals surface area contributed by atoms with Gasteiger partial charge < -0.3 is 9.67 Å². The van der Waals surface area contributed by atoms with E-state index in [4.69, 9.17) is 5.11 Å². The van der Waals surface area contributed by atoms with E-state index in [-0.39, 0.29) is 6.61 Å². The molecule has 15 heavy (non-hydrogen) atoms. The Labute approximate surface area is 90.2 Å². The van der Waals surface area contributed by atoms with Crippen molar-refractivity contribution >= 4 is 10.9 Å². The van der Waals surface area contributed by atoms with E-state index < -0.39 is 0 Å². The first-order chi connectivity index (χ1) is 7.36. The Kier molecular flexibility index (Phi) is 3.07. The van der Waals surface area contributed by atoms with Gasteiger partial charge in [-0.1, -0.05) is 25.1 Å². The Balaban J connectivity index is 2.45. The first kappa shape index (κ1) is 10.2. The van der Waals surface area contributed by atoms with Crippen LogP contribution in [0.4, 0.5) is 0 Å². The summed E-state index contributed by atoms with van der Waals surface area (Å²) in [5, 5.41) is 10.2. The molecular formula is C13H17NO. The molecule has 0 atom stereocenters. The minimum atomic E-state index is 0.258. The molecule has 2 rings (SSSR count).